The Kier molecular flexibility index (Phi) is 6.40. The van der Waals surface area contributed by atoms with Gasteiger partial charge in [0.1, 0.15) is 5.82 Å². The number of amides is 2. The SMILES string of the molecule is CNC(=O)C1(Cc2ccccc2-c2ccccc2F)CCN(C(=O)C2CCCCC2)C1. The second-order valence-corrected chi connectivity index (χ2v) is 9.02. The second-order valence-electron chi connectivity index (χ2n) is 9.02. The first-order valence-corrected chi connectivity index (χ1v) is 11.4. The summed E-state index contributed by atoms with van der Waals surface area (Å²) in [5.74, 6) is -0.0212. The molecule has 5 heteroatoms. The van der Waals surface area contributed by atoms with Crippen LogP contribution in [0.15, 0.2) is 48.5 Å². The Labute approximate surface area is 183 Å². The molecule has 1 atom stereocenters. The Hall–Kier alpha value is -2.69. The van der Waals surface area contributed by atoms with Crippen molar-refractivity contribution >= 4 is 11.8 Å². The molecular formula is C26H31FN2O2. The molecular weight excluding hydrogens is 391 g/mol. The predicted molar refractivity (Wildman–Crippen MR) is 120 cm³/mol. The van der Waals surface area contributed by atoms with Crippen molar-refractivity contribution in [2.45, 2.75) is 44.9 Å². The van der Waals surface area contributed by atoms with Gasteiger partial charge in [-0.3, -0.25) is 9.59 Å². The molecule has 1 unspecified atom stereocenters. The van der Waals surface area contributed by atoms with Crippen LogP contribution in [0, 0.1) is 17.2 Å². The van der Waals surface area contributed by atoms with Gasteiger partial charge in [-0.15, -0.1) is 0 Å². The number of hydrogen-bond acceptors (Lipinski definition) is 2. The van der Waals surface area contributed by atoms with E-state index in [1.54, 1.807) is 19.2 Å². The lowest BCUT2D eigenvalue weighted by molar-refractivity contribution is -0.137. The molecule has 1 heterocycles. The van der Waals surface area contributed by atoms with E-state index < -0.39 is 5.41 Å². The largest absolute Gasteiger partial charge is 0.359 e. The summed E-state index contributed by atoms with van der Waals surface area (Å²) in [5.41, 5.74) is 1.59. The van der Waals surface area contributed by atoms with Crippen molar-refractivity contribution in [2.24, 2.45) is 11.3 Å². The minimum absolute atomic E-state index is 0.0465. The Morgan fingerprint density at radius 1 is 1.03 bits per heavy atom. The highest BCUT2D eigenvalue weighted by Gasteiger charge is 2.46. The van der Waals surface area contributed by atoms with Gasteiger partial charge in [0, 0.05) is 31.6 Å². The van der Waals surface area contributed by atoms with E-state index in [1.807, 2.05) is 35.2 Å². The Balaban J connectivity index is 1.61. The van der Waals surface area contributed by atoms with Crippen molar-refractivity contribution in [1.82, 2.24) is 10.2 Å². The number of likely N-dealkylation sites (tertiary alicyclic amines) is 1. The van der Waals surface area contributed by atoms with Crippen LogP contribution in [-0.4, -0.2) is 36.9 Å². The molecule has 1 saturated heterocycles. The molecule has 164 valence electrons. The molecule has 2 aromatic rings. The molecule has 4 nitrogen and oxygen atoms in total. The lowest BCUT2D eigenvalue weighted by Gasteiger charge is -2.30. The van der Waals surface area contributed by atoms with Gasteiger partial charge in [-0.1, -0.05) is 61.7 Å². The van der Waals surface area contributed by atoms with E-state index in [2.05, 4.69) is 5.32 Å². The van der Waals surface area contributed by atoms with E-state index in [0.717, 1.165) is 36.8 Å². The molecule has 0 radical (unpaired) electrons. The smallest absolute Gasteiger partial charge is 0.228 e. The van der Waals surface area contributed by atoms with Crippen molar-refractivity contribution in [3.05, 3.63) is 59.9 Å². The average molecular weight is 423 g/mol. The lowest BCUT2D eigenvalue weighted by Crippen LogP contribution is -2.45. The standard InChI is InChI=1S/C26H31FN2O2/c1-28-25(31)26(15-16-29(18-26)24(30)19-9-3-2-4-10-19)17-20-11-5-6-12-21(20)22-13-7-8-14-23(22)27/h5-8,11-14,19H,2-4,9-10,15-18H2,1H3,(H,28,31). The summed E-state index contributed by atoms with van der Waals surface area (Å²) in [4.78, 5) is 28.1. The molecule has 0 spiro atoms. The van der Waals surface area contributed by atoms with Crippen LogP contribution < -0.4 is 5.32 Å². The highest BCUT2D eigenvalue weighted by Crippen LogP contribution is 2.39. The molecule has 2 fully saturated rings. The molecule has 31 heavy (non-hydrogen) atoms. The number of halogens is 1. The molecule has 2 amide bonds. The van der Waals surface area contributed by atoms with Gasteiger partial charge in [0.15, 0.2) is 0 Å². The summed E-state index contributed by atoms with van der Waals surface area (Å²) < 4.78 is 14.5. The fourth-order valence-corrected chi connectivity index (χ4v) is 5.32. The van der Waals surface area contributed by atoms with Crippen LogP contribution >= 0.6 is 0 Å². The normalized spacial score (nSPS) is 21.8. The summed E-state index contributed by atoms with van der Waals surface area (Å²) in [5, 5.41) is 2.83. The summed E-state index contributed by atoms with van der Waals surface area (Å²) in [6, 6.07) is 14.4. The highest BCUT2D eigenvalue weighted by atomic mass is 19.1. The summed E-state index contributed by atoms with van der Waals surface area (Å²) >= 11 is 0. The molecule has 4 rings (SSSR count). The quantitative estimate of drug-likeness (QED) is 0.767. The molecule has 1 aliphatic heterocycles. The third kappa shape index (κ3) is 4.36. The van der Waals surface area contributed by atoms with Crippen LogP contribution in [-0.2, 0) is 16.0 Å². The third-order valence-corrected chi connectivity index (χ3v) is 7.04. The predicted octanol–water partition coefficient (Wildman–Crippen LogP) is 4.58. The second kappa shape index (κ2) is 9.21. The molecule has 1 aliphatic carbocycles. The maximum absolute atomic E-state index is 14.5. The molecule has 2 aromatic carbocycles. The summed E-state index contributed by atoms with van der Waals surface area (Å²) in [6.45, 7) is 1.03. The van der Waals surface area contributed by atoms with Crippen LogP contribution in [0.1, 0.15) is 44.1 Å². The number of nitrogens with zero attached hydrogens (tertiary/aromatic N) is 1. The average Bonchev–Trinajstić information content (AvgIpc) is 3.24. The van der Waals surface area contributed by atoms with Gasteiger partial charge in [-0.2, -0.15) is 0 Å². The van der Waals surface area contributed by atoms with Crippen LogP contribution in [0.2, 0.25) is 0 Å². The Morgan fingerprint density at radius 2 is 1.71 bits per heavy atom. The van der Waals surface area contributed by atoms with Crippen molar-refractivity contribution in [3.63, 3.8) is 0 Å². The van der Waals surface area contributed by atoms with Crippen molar-refractivity contribution in [2.75, 3.05) is 20.1 Å². The molecule has 2 aliphatic rings. The first kappa shape index (κ1) is 21.5. The number of benzene rings is 2. The highest BCUT2D eigenvalue weighted by molar-refractivity contribution is 5.86. The number of nitrogens with one attached hydrogen (secondary N) is 1. The van der Waals surface area contributed by atoms with Crippen molar-refractivity contribution in [3.8, 4) is 11.1 Å². The zero-order valence-corrected chi connectivity index (χ0v) is 18.2. The fraction of sp³-hybridized carbons (Fsp3) is 0.462. The van der Waals surface area contributed by atoms with E-state index >= 15 is 0 Å². The minimum Gasteiger partial charge on any atom is -0.359 e. The molecule has 1 saturated carbocycles. The van der Waals surface area contributed by atoms with E-state index in [0.29, 0.717) is 31.5 Å². The fourth-order valence-electron chi connectivity index (χ4n) is 5.32. The topological polar surface area (TPSA) is 49.4 Å². The van der Waals surface area contributed by atoms with Crippen LogP contribution in [0.4, 0.5) is 4.39 Å². The van der Waals surface area contributed by atoms with E-state index in [-0.39, 0.29) is 23.5 Å². The Bertz CT molecular complexity index is 954. The monoisotopic (exact) mass is 422 g/mol. The van der Waals surface area contributed by atoms with Gasteiger partial charge >= 0.3 is 0 Å². The molecule has 0 bridgehead atoms. The maximum atomic E-state index is 14.5. The zero-order chi connectivity index (χ0) is 21.8. The van der Waals surface area contributed by atoms with Gasteiger partial charge in [0.25, 0.3) is 0 Å². The van der Waals surface area contributed by atoms with Gasteiger partial charge in [-0.05, 0) is 42.9 Å². The van der Waals surface area contributed by atoms with Gasteiger partial charge < -0.3 is 10.2 Å². The third-order valence-electron chi connectivity index (χ3n) is 7.04. The number of rotatable bonds is 5. The van der Waals surface area contributed by atoms with Crippen LogP contribution in [0.25, 0.3) is 11.1 Å². The van der Waals surface area contributed by atoms with Crippen LogP contribution in [0.5, 0.6) is 0 Å². The number of carbonyl (C=O) groups excluding carboxylic acids is 2. The number of carbonyl (C=O) groups is 2. The van der Waals surface area contributed by atoms with Crippen molar-refractivity contribution < 1.29 is 14.0 Å². The van der Waals surface area contributed by atoms with Gasteiger partial charge in [0.2, 0.25) is 11.8 Å². The zero-order valence-electron chi connectivity index (χ0n) is 18.2. The summed E-state index contributed by atoms with van der Waals surface area (Å²) in [7, 11) is 1.65. The van der Waals surface area contributed by atoms with E-state index in [9.17, 15) is 14.0 Å². The number of hydrogen-bond donors (Lipinski definition) is 1. The maximum Gasteiger partial charge on any atom is 0.228 e. The Morgan fingerprint density at radius 3 is 2.42 bits per heavy atom. The first-order chi connectivity index (χ1) is 15.0. The van der Waals surface area contributed by atoms with E-state index in [1.165, 1.54) is 12.5 Å². The van der Waals surface area contributed by atoms with Gasteiger partial charge in [-0.25, -0.2) is 4.39 Å². The van der Waals surface area contributed by atoms with Crippen molar-refractivity contribution in [1.29, 1.82) is 0 Å². The minimum atomic E-state index is -0.694. The van der Waals surface area contributed by atoms with Crippen LogP contribution in [0.3, 0.4) is 0 Å². The molecule has 1 N–H and O–H groups in total. The summed E-state index contributed by atoms with van der Waals surface area (Å²) in [6.07, 6.45) is 6.44. The van der Waals surface area contributed by atoms with E-state index in [4.69, 9.17) is 0 Å². The molecule has 0 aromatic heterocycles. The lowest BCUT2D eigenvalue weighted by atomic mass is 9.78. The van der Waals surface area contributed by atoms with Gasteiger partial charge in [0.05, 0.1) is 5.41 Å². The first-order valence-electron chi connectivity index (χ1n) is 11.4.